The second-order valence-electron chi connectivity index (χ2n) is 5.55. The smallest absolute Gasteiger partial charge is 0.219 e. The Balaban J connectivity index is 1.69. The number of carbonyl (C=O) groups is 1. The Morgan fingerprint density at radius 1 is 1.06 bits per heavy atom. The van der Waals surface area contributed by atoms with Crippen LogP contribution in [0.5, 0.6) is 0 Å². The second kappa shape index (κ2) is 5.83. The predicted molar refractivity (Wildman–Crippen MR) is 68.9 cm³/mol. The van der Waals surface area contributed by atoms with Crippen LogP contribution >= 0.6 is 0 Å². The summed E-state index contributed by atoms with van der Waals surface area (Å²) in [6.45, 7) is 9.37. The predicted octanol–water partition coefficient (Wildman–Crippen LogP) is 0.492. The summed E-state index contributed by atoms with van der Waals surface area (Å²) in [6.07, 6.45) is 2.67. The molecule has 0 saturated carbocycles. The molecule has 0 atom stereocenters. The fourth-order valence-electron chi connectivity index (χ4n) is 2.86. The Morgan fingerprint density at radius 2 is 1.65 bits per heavy atom. The van der Waals surface area contributed by atoms with E-state index in [0.717, 1.165) is 32.1 Å². The van der Waals surface area contributed by atoms with Gasteiger partial charge in [0.2, 0.25) is 5.91 Å². The number of carbonyl (C=O) groups excluding carboxylic acids is 1. The molecule has 0 aromatic heterocycles. The molecule has 0 unspecified atom stereocenters. The minimum Gasteiger partial charge on any atom is -0.340 e. The van der Waals surface area contributed by atoms with Crippen LogP contribution in [0.2, 0.25) is 0 Å². The number of hydrogen-bond donors (Lipinski definition) is 0. The molecular weight excluding hydrogens is 214 g/mol. The molecule has 2 aliphatic heterocycles. The summed E-state index contributed by atoms with van der Waals surface area (Å²) < 4.78 is 0. The van der Waals surface area contributed by atoms with Gasteiger partial charge in [-0.05, 0) is 38.9 Å². The van der Waals surface area contributed by atoms with Crippen molar-refractivity contribution in [3.63, 3.8) is 0 Å². The Kier molecular flexibility index (Phi) is 4.40. The molecule has 17 heavy (non-hydrogen) atoms. The second-order valence-corrected chi connectivity index (χ2v) is 5.55. The zero-order valence-corrected chi connectivity index (χ0v) is 11.2. The number of amides is 1. The maximum Gasteiger partial charge on any atom is 0.219 e. The first-order chi connectivity index (χ1) is 8.15. The van der Waals surface area contributed by atoms with Crippen molar-refractivity contribution in [3.05, 3.63) is 0 Å². The Hall–Kier alpha value is -0.610. The highest BCUT2D eigenvalue weighted by atomic mass is 16.2. The minimum absolute atomic E-state index is 0.226. The average Bonchev–Trinajstić information content (AvgIpc) is 2.33. The van der Waals surface area contributed by atoms with Gasteiger partial charge < -0.3 is 9.80 Å². The largest absolute Gasteiger partial charge is 0.340 e. The first-order valence-electron chi connectivity index (χ1n) is 6.81. The van der Waals surface area contributed by atoms with Gasteiger partial charge in [0.05, 0.1) is 0 Å². The topological polar surface area (TPSA) is 26.8 Å². The third-order valence-electron chi connectivity index (χ3n) is 4.17. The molecule has 0 spiro atoms. The van der Waals surface area contributed by atoms with Gasteiger partial charge in [-0.25, -0.2) is 0 Å². The Morgan fingerprint density at radius 3 is 2.18 bits per heavy atom. The molecule has 2 heterocycles. The molecule has 1 amide bonds. The number of likely N-dealkylation sites (tertiary alicyclic amines) is 1. The van der Waals surface area contributed by atoms with E-state index >= 15 is 0 Å². The quantitative estimate of drug-likeness (QED) is 0.702. The maximum atomic E-state index is 11.2. The lowest BCUT2D eigenvalue weighted by molar-refractivity contribution is -0.130. The van der Waals surface area contributed by atoms with Gasteiger partial charge in [-0.2, -0.15) is 0 Å². The number of nitrogens with zero attached hydrogens (tertiary/aromatic N) is 3. The van der Waals surface area contributed by atoms with Crippen molar-refractivity contribution in [2.75, 3.05) is 52.9 Å². The van der Waals surface area contributed by atoms with E-state index in [4.69, 9.17) is 0 Å². The highest BCUT2D eigenvalue weighted by molar-refractivity contribution is 5.73. The molecule has 2 saturated heterocycles. The monoisotopic (exact) mass is 239 g/mol. The van der Waals surface area contributed by atoms with E-state index in [-0.39, 0.29) is 5.91 Å². The Labute approximate surface area is 105 Å². The first-order valence-corrected chi connectivity index (χ1v) is 6.81. The SMILES string of the molecule is CC(=O)N1CCN(CC2CCN(C)CC2)CC1. The van der Waals surface area contributed by atoms with Crippen LogP contribution in [0.15, 0.2) is 0 Å². The van der Waals surface area contributed by atoms with Gasteiger partial charge in [-0.3, -0.25) is 9.69 Å². The van der Waals surface area contributed by atoms with Crippen LogP contribution in [0, 0.1) is 5.92 Å². The molecule has 4 heteroatoms. The normalized spacial score (nSPS) is 25.2. The summed E-state index contributed by atoms with van der Waals surface area (Å²) in [4.78, 5) is 18.2. The van der Waals surface area contributed by atoms with Gasteiger partial charge in [0.25, 0.3) is 0 Å². The lowest BCUT2D eigenvalue weighted by atomic mass is 9.96. The summed E-state index contributed by atoms with van der Waals surface area (Å²) in [5.74, 6) is 1.10. The van der Waals surface area contributed by atoms with Crippen LogP contribution in [0.25, 0.3) is 0 Å². The van der Waals surface area contributed by atoms with Gasteiger partial charge in [0, 0.05) is 39.6 Å². The van der Waals surface area contributed by atoms with Crippen molar-refractivity contribution in [1.29, 1.82) is 0 Å². The molecule has 0 N–H and O–H groups in total. The average molecular weight is 239 g/mol. The highest BCUT2D eigenvalue weighted by Crippen LogP contribution is 2.18. The van der Waals surface area contributed by atoms with Crippen LogP contribution in [-0.4, -0.2) is 73.5 Å². The lowest BCUT2D eigenvalue weighted by Crippen LogP contribution is -2.49. The van der Waals surface area contributed by atoms with Crippen molar-refractivity contribution in [2.24, 2.45) is 5.92 Å². The van der Waals surface area contributed by atoms with Gasteiger partial charge >= 0.3 is 0 Å². The number of rotatable bonds is 2. The molecule has 4 nitrogen and oxygen atoms in total. The van der Waals surface area contributed by atoms with Gasteiger partial charge in [0.15, 0.2) is 0 Å². The van der Waals surface area contributed by atoms with Gasteiger partial charge in [-0.1, -0.05) is 0 Å². The molecule has 0 aromatic rings. The molecule has 0 aliphatic carbocycles. The number of piperidine rings is 1. The molecular formula is C13H25N3O. The van der Waals surface area contributed by atoms with Crippen LogP contribution < -0.4 is 0 Å². The standard InChI is InChI=1S/C13H25N3O/c1-12(17)16-9-7-15(8-10-16)11-13-3-5-14(2)6-4-13/h13H,3-11H2,1-2H3. The summed E-state index contributed by atoms with van der Waals surface area (Å²) >= 11 is 0. The summed E-state index contributed by atoms with van der Waals surface area (Å²) in [5, 5.41) is 0. The van der Waals surface area contributed by atoms with Crippen LogP contribution in [0.3, 0.4) is 0 Å². The lowest BCUT2D eigenvalue weighted by Gasteiger charge is -2.38. The van der Waals surface area contributed by atoms with Crippen LogP contribution in [0.4, 0.5) is 0 Å². The highest BCUT2D eigenvalue weighted by Gasteiger charge is 2.23. The van der Waals surface area contributed by atoms with E-state index in [0.29, 0.717) is 0 Å². The van der Waals surface area contributed by atoms with E-state index < -0.39 is 0 Å². The van der Waals surface area contributed by atoms with E-state index in [1.54, 1.807) is 6.92 Å². The van der Waals surface area contributed by atoms with Gasteiger partial charge in [-0.15, -0.1) is 0 Å². The summed E-state index contributed by atoms with van der Waals surface area (Å²) in [5.41, 5.74) is 0. The van der Waals surface area contributed by atoms with E-state index in [1.807, 2.05) is 4.90 Å². The fourth-order valence-corrected chi connectivity index (χ4v) is 2.86. The molecule has 2 rings (SSSR count). The number of hydrogen-bond acceptors (Lipinski definition) is 3. The van der Waals surface area contributed by atoms with Gasteiger partial charge in [0.1, 0.15) is 0 Å². The molecule has 2 fully saturated rings. The summed E-state index contributed by atoms with van der Waals surface area (Å²) in [6, 6.07) is 0. The van der Waals surface area contributed by atoms with E-state index in [9.17, 15) is 4.79 Å². The molecule has 0 radical (unpaired) electrons. The van der Waals surface area contributed by atoms with Crippen molar-refractivity contribution in [3.8, 4) is 0 Å². The van der Waals surface area contributed by atoms with Crippen LogP contribution in [0.1, 0.15) is 19.8 Å². The zero-order valence-electron chi connectivity index (χ0n) is 11.2. The fraction of sp³-hybridized carbons (Fsp3) is 0.923. The Bertz CT molecular complexity index is 253. The van der Waals surface area contributed by atoms with Crippen LogP contribution in [-0.2, 0) is 4.79 Å². The van der Waals surface area contributed by atoms with Crippen molar-refractivity contribution in [2.45, 2.75) is 19.8 Å². The molecule has 98 valence electrons. The summed E-state index contributed by atoms with van der Waals surface area (Å²) in [7, 11) is 2.21. The van der Waals surface area contributed by atoms with Crippen molar-refractivity contribution >= 4 is 5.91 Å². The maximum absolute atomic E-state index is 11.2. The van der Waals surface area contributed by atoms with Crippen molar-refractivity contribution in [1.82, 2.24) is 14.7 Å². The molecule has 0 aromatic carbocycles. The number of piperazine rings is 1. The third kappa shape index (κ3) is 3.68. The van der Waals surface area contributed by atoms with E-state index in [1.165, 1.54) is 32.5 Å². The minimum atomic E-state index is 0.226. The third-order valence-corrected chi connectivity index (χ3v) is 4.17. The van der Waals surface area contributed by atoms with E-state index in [2.05, 4.69) is 16.8 Å². The first kappa shape index (κ1) is 12.8. The van der Waals surface area contributed by atoms with Crippen molar-refractivity contribution < 1.29 is 4.79 Å². The zero-order chi connectivity index (χ0) is 12.3. The molecule has 0 bridgehead atoms. The molecule has 2 aliphatic rings.